The molecule has 1 aliphatic heterocycles. The van der Waals surface area contributed by atoms with Gasteiger partial charge in [-0.15, -0.1) is 0 Å². The summed E-state index contributed by atoms with van der Waals surface area (Å²) in [6.45, 7) is -0.315. The van der Waals surface area contributed by atoms with Crippen LogP contribution in [0.5, 0.6) is 0 Å². The molecule has 0 saturated carbocycles. The predicted molar refractivity (Wildman–Crippen MR) is 112 cm³/mol. The van der Waals surface area contributed by atoms with Gasteiger partial charge in [-0.2, -0.15) is 5.10 Å². The van der Waals surface area contributed by atoms with Crippen LogP contribution in [0.25, 0.3) is 16.5 Å². The van der Waals surface area contributed by atoms with E-state index in [1.165, 1.54) is 0 Å². The lowest BCUT2D eigenvalue weighted by molar-refractivity contribution is -0.143. The van der Waals surface area contributed by atoms with Crippen LogP contribution in [0.2, 0.25) is 0 Å². The zero-order chi connectivity index (χ0) is 20.7. The van der Waals surface area contributed by atoms with Crippen molar-refractivity contribution in [3.8, 4) is 5.69 Å². The summed E-state index contributed by atoms with van der Waals surface area (Å²) < 4.78 is 34.1. The van der Waals surface area contributed by atoms with Crippen LogP contribution in [0.4, 0.5) is 5.69 Å². The van der Waals surface area contributed by atoms with Crippen molar-refractivity contribution < 1.29 is 17.9 Å². The molecule has 1 aromatic heterocycles. The summed E-state index contributed by atoms with van der Waals surface area (Å²) in [5.41, 5.74) is 2.20. The third kappa shape index (κ3) is 3.02. The number of sulfonamides is 1. The van der Waals surface area contributed by atoms with Gasteiger partial charge in [-0.3, -0.25) is 9.10 Å². The minimum atomic E-state index is -3.78. The lowest BCUT2D eigenvalue weighted by atomic mass is 10.1. The van der Waals surface area contributed by atoms with Gasteiger partial charge >= 0.3 is 5.97 Å². The number of anilines is 1. The number of carbonyl (C=O) groups is 1. The van der Waals surface area contributed by atoms with Crippen LogP contribution in [0.3, 0.4) is 0 Å². The van der Waals surface area contributed by atoms with Gasteiger partial charge in [0, 0.05) is 17.8 Å². The minimum Gasteiger partial charge on any atom is -0.459 e. The highest BCUT2D eigenvalue weighted by molar-refractivity contribution is 7.93. The molecule has 2 heterocycles. The zero-order valence-electron chi connectivity index (χ0n) is 15.8. The molecule has 5 rings (SSSR count). The fraction of sp³-hybridized carbons (Fsp3) is 0.0909. The van der Waals surface area contributed by atoms with Crippen molar-refractivity contribution in [2.75, 3.05) is 10.8 Å². The van der Waals surface area contributed by atoms with E-state index in [0.717, 1.165) is 20.9 Å². The number of aromatic nitrogens is 2. The van der Waals surface area contributed by atoms with Crippen LogP contribution < -0.4 is 4.31 Å². The quantitative estimate of drug-likeness (QED) is 0.464. The molecule has 3 aromatic carbocycles. The zero-order valence-corrected chi connectivity index (χ0v) is 16.6. The molecule has 0 fully saturated rings. The topological polar surface area (TPSA) is 81.5 Å². The second-order valence-corrected chi connectivity index (χ2v) is 8.75. The molecule has 150 valence electrons. The molecule has 0 saturated heterocycles. The molecule has 0 amide bonds. The van der Waals surface area contributed by atoms with Crippen LogP contribution in [-0.4, -0.2) is 30.7 Å². The standard InChI is InChI=1S/C22H17N3O4S/c26-21(29-15-16-8-10-18(11-9-16)24-13-3-12-23-24)14-25-19-6-1-4-17-5-2-7-20(22(17)19)30(25,27)28/h1-13H,14-15H2. The summed E-state index contributed by atoms with van der Waals surface area (Å²) in [5, 5.41) is 5.63. The summed E-state index contributed by atoms with van der Waals surface area (Å²) >= 11 is 0. The molecule has 0 aliphatic carbocycles. The Bertz CT molecular complexity index is 1340. The molecule has 8 heteroatoms. The highest BCUT2D eigenvalue weighted by atomic mass is 32.2. The summed E-state index contributed by atoms with van der Waals surface area (Å²) in [4.78, 5) is 12.7. The largest absolute Gasteiger partial charge is 0.459 e. The highest BCUT2D eigenvalue weighted by Gasteiger charge is 2.36. The first-order valence-electron chi connectivity index (χ1n) is 9.33. The molecule has 7 nitrogen and oxygen atoms in total. The van der Waals surface area contributed by atoms with E-state index in [4.69, 9.17) is 4.74 Å². The number of hydrogen-bond acceptors (Lipinski definition) is 5. The van der Waals surface area contributed by atoms with E-state index in [1.54, 1.807) is 35.1 Å². The van der Waals surface area contributed by atoms with Crippen molar-refractivity contribution in [2.45, 2.75) is 11.5 Å². The molecule has 4 aromatic rings. The van der Waals surface area contributed by atoms with Crippen LogP contribution >= 0.6 is 0 Å². The number of ether oxygens (including phenoxy) is 1. The molecule has 0 radical (unpaired) electrons. The van der Waals surface area contributed by atoms with Crippen LogP contribution in [0.1, 0.15) is 5.56 Å². The number of nitrogens with zero attached hydrogens (tertiary/aromatic N) is 3. The Kier molecular flexibility index (Phi) is 4.29. The molecule has 0 N–H and O–H groups in total. The number of carbonyl (C=O) groups excluding carboxylic acids is 1. The summed E-state index contributed by atoms with van der Waals surface area (Å²) in [5.74, 6) is -0.612. The smallest absolute Gasteiger partial charge is 0.327 e. The van der Waals surface area contributed by atoms with Gasteiger partial charge in [-0.05, 0) is 41.3 Å². The molecule has 0 spiro atoms. The van der Waals surface area contributed by atoms with Gasteiger partial charge in [0.05, 0.1) is 16.3 Å². The summed E-state index contributed by atoms with van der Waals surface area (Å²) in [6, 6.07) is 19.7. The Balaban J connectivity index is 1.30. The number of hydrogen-bond donors (Lipinski definition) is 0. The fourth-order valence-electron chi connectivity index (χ4n) is 3.62. The van der Waals surface area contributed by atoms with Crippen molar-refractivity contribution >= 4 is 32.5 Å². The summed E-state index contributed by atoms with van der Waals surface area (Å²) in [7, 11) is -3.78. The van der Waals surface area contributed by atoms with Gasteiger partial charge in [0.25, 0.3) is 10.0 Å². The Hall–Kier alpha value is -3.65. The number of esters is 1. The van der Waals surface area contributed by atoms with E-state index in [-0.39, 0.29) is 18.0 Å². The Morgan fingerprint density at radius 1 is 0.967 bits per heavy atom. The average Bonchev–Trinajstić information content (AvgIpc) is 3.36. The average molecular weight is 419 g/mol. The lowest BCUT2D eigenvalue weighted by Gasteiger charge is -2.17. The van der Waals surface area contributed by atoms with E-state index in [9.17, 15) is 13.2 Å². The summed E-state index contributed by atoms with van der Waals surface area (Å²) in [6.07, 6.45) is 3.53. The maximum absolute atomic E-state index is 12.9. The minimum absolute atomic E-state index is 0.0588. The van der Waals surface area contributed by atoms with Crippen molar-refractivity contribution in [1.29, 1.82) is 0 Å². The Labute approximate surface area is 173 Å². The Morgan fingerprint density at radius 3 is 2.47 bits per heavy atom. The van der Waals surface area contributed by atoms with Crippen molar-refractivity contribution in [3.05, 3.63) is 84.7 Å². The van der Waals surface area contributed by atoms with E-state index >= 15 is 0 Å². The van der Waals surface area contributed by atoms with E-state index < -0.39 is 16.0 Å². The van der Waals surface area contributed by atoms with Gasteiger partial charge in [0.1, 0.15) is 13.2 Å². The first kappa shape index (κ1) is 18.4. The monoisotopic (exact) mass is 419 g/mol. The van der Waals surface area contributed by atoms with E-state index in [0.29, 0.717) is 11.1 Å². The molecule has 1 aliphatic rings. The normalized spacial score (nSPS) is 14.2. The van der Waals surface area contributed by atoms with Gasteiger partial charge in [-0.25, -0.2) is 13.1 Å². The van der Waals surface area contributed by atoms with Gasteiger partial charge in [0.2, 0.25) is 0 Å². The third-order valence-electron chi connectivity index (χ3n) is 5.06. The van der Waals surface area contributed by atoms with Gasteiger partial charge in [0.15, 0.2) is 0 Å². The van der Waals surface area contributed by atoms with Crippen molar-refractivity contribution in [2.24, 2.45) is 0 Å². The van der Waals surface area contributed by atoms with Gasteiger partial charge in [-0.1, -0.05) is 36.4 Å². The van der Waals surface area contributed by atoms with Crippen LogP contribution in [0, 0.1) is 0 Å². The maximum atomic E-state index is 12.9. The Morgan fingerprint density at radius 2 is 1.73 bits per heavy atom. The molecule has 0 bridgehead atoms. The molecule has 0 atom stereocenters. The van der Waals surface area contributed by atoms with Crippen LogP contribution in [-0.2, 0) is 26.2 Å². The van der Waals surface area contributed by atoms with E-state index in [1.807, 2.05) is 48.7 Å². The first-order valence-corrected chi connectivity index (χ1v) is 10.8. The van der Waals surface area contributed by atoms with Crippen molar-refractivity contribution in [3.63, 3.8) is 0 Å². The molecule has 0 unspecified atom stereocenters. The highest BCUT2D eigenvalue weighted by Crippen LogP contribution is 2.41. The predicted octanol–water partition coefficient (Wildman–Crippen LogP) is 3.28. The SMILES string of the molecule is O=C(CN1c2cccc3cccc(c23)S1(=O)=O)OCc1ccc(-n2cccn2)cc1. The molecular formula is C22H17N3O4S. The second kappa shape index (κ2) is 7.00. The van der Waals surface area contributed by atoms with Crippen LogP contribution in [0.15, 0.2) is 84.0 Å². The first-order chi connectivity index (χ1) is 14.5. The lowest BCUT2D eigenvalue weighted by Crippen LogP contribution is -2.33. The number of benzene rings is 3. The molecular weight excluding hydrogens is 402 g/mol. The third-order valence-corrected chi connectivity index (χ3v) is 6.86. The van der Waals surface area contributed by atoms with Crippen molar-refractivity contribution in [1.82, 2.24) is 9.78 Å². The molecule has 30 heavy (non-hydrogen) atoms. The second-order valence-electron chi connectivity index (χ2n) is 6.92. The van der Waals surface area contributed by atoms with E-state index in [2.05, 4.69) is 5.10 Å². The number of rotatable bonds is 5. The van der Waals surface area contributed by atoms with Gasteiger partial charge < -0.3 is 4.74 Å². The maximum Gasteiger partial charge on any atom is 0.327 e. The fourth-order valence-corrected chi connectivity index (χ4v) is 5.28.